The van der Waals surface area contributed by atoms with Crippen LogP contribution in [0.25, 0.3) is 5.69 Å². The van der Waals surface area contributed by atoms with E-state index in [2.05, 4.69) is 9.97 Å². The molecule has 0 fully saturated rings. The van der Waals surface area contributed by atoms with Gasteiger partial charge in [-0.05, 0) is 35.4 Å². The summed E-state index contributed by atoms with van der Waals surface area (Å²) in [4.78, 5) is 29.2. The summed E-state index contributed by atoms with van der Waals surface area (Å²) < 4.78 is 1.00. The average molecular weight is 341 g/mol. The van der Waals surface area contributed by atoms with Gasteiger partial charge in [-0.2, -0.15) is 0 Å². The zero-order valence-corrected chi connectivity index (χ0v) is 13.0. The van der Waals surface area contributed by atoms with Crippen LogP contribution in [0.1, 0.15) is 22.9 Å². The predicted molar refractivity (Wildman–Crippen MR) is 87.7 cm³/mol. The minimum absolute atomic E-state index is 0.0363. The Hall–Kier alpha value is -3.39. The number of aromatic nitrogens is 3. The molecule has 0 aliphatic heterocycles. The van der Waals surface area contributed by atoms with Crippen molar-refractivity contribution in [1.82, 2.24) is 14.5 Å². The molecule has 0 bridgehead atoms. The third-order valence-electron chi connectivity index (χ3n) is 3.74. The van der Waals surface area contributed by atoms with Gasteiger partial charge < -0.3 is 20.3 Å². The number of benzene rings is 1. The number of H-pyrrole nitrogens is 1. The fraction of sp³-hybridized carbons (Fsp3) is 0.118. The first-order chi connectivity index (χ1) is 12.0. The molecule has 8 heteroatoms. The first-order valence-corrected chi connectivity index (χ1v) is 7.40. The molecular weight excluding hydrogens is 326 g/mol. The first kappa shape index (κ1) is 16.5. The Labute approximate surface area is 141 Å². The molecule has 1 unspecified atom stereocenters. The van der Waals surface area contributed by atoms with Crippen LogP contribution in [0.5, 0.6) is 5.88 Å². The SMILES string of the molecule is O=C(O)Cc1ccc(-n2c(O)c(C(O)c3ccncc3)[nH]c2=O)cc1. The number of rotatable bonds is 5. The van der Waals surface area contributed by atoms with Gasteiger partial charge in [0, 0.05) is 12.4 Å². The minimum Gasteiger partial charge on any atom is -0.493 e. The Morgan fingerprint density at radius 1 is 1.16 bits per heavy atom. The molecule has 3 rings (SSSR count). The van der Waals surface area contributed by atoms with Gasteiger partial charge >= 0.3 is 11.7 Å². The number of imidazole rings is 1. The lowest BCUT2D eigenvalue weighted by Crippen LogP contribution is -2.14. The largest absolute Gasteiger partial charge is 0.493 e. The number of aliphatic hydroxyl groups excluding tert-OH is 1. The van der Waals surface area contributed by atoms with Crippen molar-refractivity contribution >= 4 is 5.97 Å². The Morgan fingerprint density at radius 3 is 2.40 bits per heavy atom. The molecule has 2 heterocycles. The Bertz CT molecular complexity index is 945. The van der Waals surface area contributed by atoms with Gasteiger partial charge in [0.25, 0.3) is 0 Å². The van der Waals surface area contributed by atoms with Gasteiger partial charge in [-0.3, -0.25) is 9.78 Å². The summed E-state index contributed by atoms with van der Waals surface area (Å²) in [5.74, 6) is -1.38. The quantitative estimate of drug-likeness (QED) is 0.547. The van der Waals surface area contributed by atoms with E-state index in [0.717, 1.165) is 4.57 Å². The fourth-order valence-corrected chi connectivity index (χ4v) is 2.52. The van der Waals surface area contributed by atoms with Gasteiger partial charge in [-0.25, -0.2) is 9.36 Å². The number of aromatic hydroxyl groups is 1. The van der Waals surface area contributed by atoms with Crippen LogP contribution in [0, 0.1) is 0 Å². The molecule has 3 aromatic rings. The second-order valence-electron chi connectivity index (χ2n) is 5.42. The van der Waals surface area contributed by atoms with Crippen LogP contribution in [0.15, 0.2) is 53.6 Å². The second-order valence-corrected chi connectivity index (χ2v) is 5.42. The summed E-state index contributed by atoms with van der Waals surface area (Å²) in [6.07, 6.45) is 1.63. The highest BCUT2D eigenvalue weighted by molar-refractivity contribution is 5.70. The molecule has 25 heavy (non-hydrogen) atoms. The number of aliphatic carboxylic acids is 1. The van der Waals surface area contributed by atoms with E-state index in [-0.39, 0.29) is 12.1 Å². The first-order valence-electron chi connectivity index (χ1n) is 7.40. The number of nitrogens with zero attached hydrogens (tertiary/aromatic N) is 2. The molecule has 1 atom stereocenters. The highest BCUT2D eigenvalue weighted by Crippen LogP contribution is 2.28. The normalized spacial score (nSPS) is 12.0. The molecule has 1 aromatic carbocycles. The molecule has 0 aliphatic rings. The van der Waals surface area contributed by atoms with E-state index < -0.39 is 23.6 Å². The summed E-state index contributed by atoms with van der Waals surface area (Å²) in [7, 11) is 0. The molecule has 2 aromatic heterocycles. The number of aliphatic hydroxyl groups is 1. The monoisotopic (exact) mass is 341 g/mol. The van der Waals surface area contributed by atoms with Crippen LogP contribution in [-0.2, 0) is 11.2 Å². The van der Waals surface area contributed by atoms with E-state index in [4.69, 9.17) is 5.11 Å². The number of aromatic amines is 1. The highest BCUT2D eigenvalue weighted by Gasteiger charge is 2.22. The van der Waals surface area contributed by atoms with Crippen LogP contribution >= 0.6 is 0 Å². The maximum absolute atomic E-state index is 12.2. The lowest BCUT2D eigenvalue weighted by atomic mass is 10.1. The van der Waals surface area contributed by atoms with Crippen LogP contribution in [-0.4, -0.2) is 35.8 Å². The molecule has 0 aliphatic carbocycles. The molecule has 0 amide bonds. The van der Waals surface area contributed by atoms with Crippen LogP contribution in [0.3, 0.4) is 0 Å². The van der Waals surface area contributed by atoms with E-state index in [9.17, 15) is 19.8 Å². The standard InChI is InChI=1S/C17H15N3O5/c21-13(22)9-10-1-3-12(4-2-10)20-16(24)14(19-17(20)25)15(23)11-5-7-18-8-6-11/h1-8,15,23-24H,9H2,(H,19,25)(H,21,22). The molecule has 128 valence electrons. The maximum atomic E-state index is 12.2. The van der Waals surface area contributed by atoms with Crippen LogP contribution < -0.4 is 5.69 Å². The smallest absolute Gasteiger partial charge is 0.333 e. The van der Waals surface area contributed by atoms with E-state index in [1.807, 2.05) is 0 Å². The molecule has 4 N–H and O–H groups in total. The number of hydrogen-bond acceptors (Lipinski definition) is 5. The van der Waals surface area contributed by atoms with Crippen molar-refractivity contribution in [3.8, 4) is 11.6 Å². The molecule has 0 saturated heterocycles. The van der Waals surface area contributed by atoms with Crippen LogP contribution in [0.4, 0.5) is 0 Å². The number of pyridine rings is 1. The van der Waals surface area contributed by atoms with Gasteiger partial charge in [0.1, 0.15) is 11.8 Å². The summed E-state index contributed by atoms with van der Waals surface area (Å²) >= 11 is 0. The van der Waals surface area contributed by atoms with Crippen molar-refractivity contribution in [1.29, 1.82) is 0 Å². The topological polar surface area (TPSA) is 128 Å². The lowest BCUT2D eigenvalue weighted by molar-refractivity contribution is -0.136. The van der Waals surface area contributed by atoms with E-state index >= 15 is 0 Å². The third-order valence-corrected chi connectivity index (χ3v) is 3.74. The number of nitrogens with one attached hydrogen (secondary N) is 1. The Balaban J connectivity index is 1.97. The molecule has 0 radical (unpaired) electrons. The maximum Gasteiger partial charge on any atom is 0.333 e. The Morgan fingerprint density at radius 2 is 1.80 bits per heavy atom. The Kier molecular flexibility index (Phi) is 4.36. The van der Waals surface area contributed by atoms with Crippen molar-refractivity contribution in [2.24, 2.45) is 0 Å². The fourth-order valence-electron chi connectivity index (χ4n) is 2.52. The number of carboxylic acids is 1. The summed E-state index contributed by atoms with van der Waals surface area (Å²) in [5.41, 5.74) is 0.727. The minimum atomic E-state index is -1.22. The van der Waals surface area contributed by atoms with Crippen molar-refractivity contribution < 1.29 is 20.1 Å². The van der Waals surface area contributed by atoms with Crippen LogP contribution in [0.2, 0.25) is 0 Å². The number of carboxylic acid groups (broad SMARTS) is 1. The predicted octanol–water partition coefficient (Wildman–Crippen LogP) is 0.975. The lowest BCUT2D eigenvalue weighted by Gasteiger charge is -2.10. The van der Waals surface area contributed by atoms with E-state index in [0.29, 0.717) is 16.8 Å². The van der Waals surface area contributed by atoms with Crippen molar-refractivity contribution in [2.45, 2.75) is 12.5 Å². The number of hydrogen-bond donors (Lipinski definition) is 4. The summed E-state index contributed by atoms with van der Waals surface area (Å²) in [6.45, 7) is 0. The molecule has 0 spiro atoms. The molecular formula is C17H15N3O5. The van der Waals surface area contributed by atoms with Gasteiger partial charge in [0.2, 0.25) is 5.88 Å². The van der Waals surface area contributed by atoms with Crippen molar-refractivity contribution in [3.63, 3.8) is 0 Å². The van der Waals surface area contributed by atoms with Crippen molar-refractivity contribution in [3.05, 3.63) is 76.1 Å². The second kappa shape index (κ2) is 6.62. The number of carbonyl (C=O) groups is 1. The van der Waals surface area contributed by atoms with Gasteiger partial charge in [0.15, 0.2) is 0 Å². The van der Waals surface area contributed by atoms with Gasteiger partial charge in [0.05, 0.1) is 12.1 Å². The third kappa shape index (κ3) is 3.29. The van der Waals surface area contributed by atoms with E-state index in [1.54, 1.807) is 24.3 Å². The van der Waals surface area contributed by atoms with Crippen molar-refractivity contribution in [2.75, 3.05) is 0 Å². The summed E-state index contributed by atoms with van der Waals surface area (Å²) in [6, 6.07) is 9.30. The zero-order valence-electron chi connectivity index (χ0n) is 13.0. The van der Waals surface area contributed by atoms with Gasteiger partial charge in [-0.1, -0.05) is 12.1 Å². The molecule has 8 nitrogen and oxygen atoms in total. The van der Waals surface area contributed by atoms with Gasteiger partial charge in [-0.15, -0.1) is 0 Å². The zero-order chi connectivity index (χ0) is 18.0. The van der Waals surface area contributed by atoms with E-state index in [1.165, 1.54) is 24.5 Å². The average Bonchev–Trinajstić information content (AvgIpc) is 2.90. The summed E-state index contributed by atoms with van der Waals surface area (Å²) in [5, 5.41) is 29.5. The molecule has 0 saturated carbocycles. The highest BCUT2D eigenvalue weighted by atomic mass is 16.4.